The zero-order chi connectivity index (χ0) is 15.5. The Kier molecular flexibility index (Phi) is 5.22. The highest BCUT2D eigenvalue weighted by Crippen LogP contribution is 2.35. The first-order valence-corrected chi connectivity index (χ1v) is 8.50. The first-order valence-electron chi connectivity index (χ1n) is 7.62. The minimum Gasteiger partial charge on any atom is -0.331 e. The number of hydrogen-bond donors (Lipinski definition) is 1. The van der Waals surface area contributed by atoms with Crippen LogP contribution in [-0.4, -0.2) is 54.5 Å². The molecule has 2 rings (SSSR count). The van der Waals surface area contributed by atoms with Crippen molar-refractivity contribution in [2.75, 3.05) is 33.7 Å². The number of piperidine rings is 1. The van der Waals surface area contributed by atoms with Crippen molar-refractivity contribution >= 4 is 17.4 Å². The van der Waals surface area contributed by atoms with E-state index in [-0.39, 0.29) is 11.6 Å². The highest BCUT2D eigenvalue weighted by Gasteiger charge is 2.39. The van der Waals surface area contributed by atoms with Crippen LogP contribution in [0.4, 0.5) is 4.79 Å². The summed E-state index contributed by atoms with van der Waals surface area (Å²) >= 11 is 1.73. The summed E-state index contributed by atoms with van der Waals surface area (Å²) in [7, 11) is 3.62. The van der Waals surface area contributed by atoms with E-state index in [1.165, 1.54) is 5.01 Å². The van der Waals surface area contributed by atoms with Crippen molar-refractivity contribution in [2.24, 2.45) is 0 Å². The van der Waals surface area contributed by atoms with Crippen LogP contribution in [0.5, 0.6) is 0 Å². The summed E-state index contributed by atoms with van der Waals surface area (Å²) in [6.07, 6.45) is 2.96. The van der Waals surface area contributed by atoms with Crippen molar-refractivity contribution in [3.05, 3.63) is 16.1 Å². The van der Waals surface area contributed by atoms with Gasteiger partial charge in [0.25, 0.3) is 0 Å². The fourth-order valence-corrected chi connectivity index (χ4v) is 3.80. The topological polar surface area (TPSA) is 48.5 Å². The third kappa shape index (κ3) is 3.55. The maximum atomic E-state index is 12.1. The van der Waals surface area contributed by atoms with E-state index in [1.807, 2.05) is 25.9 Å². The van der Waals surface area contributed by atoms with Crippen LogP contribution in [0.25, 0.3) is 0 Å². The third-order valence-corrected chi connectivity index (χ3v) is 5.18. The van der Waals surface area contributed by atoms with Gasteiger partial charge in [0.1, 0.15) is 5.01 Å². The van der Waals surface area contributed by atoms with Crippen LogP contribution in [0, 0.1) is 6.92 Å². The maximum Gasteiger partial charge on any atom is 0.319 e. The molecule has 0 spiro atoms. The molecule has 2 heterocycles. The lowest BCUT2D eigenvalue weighted by atomic mass is 9.88. The molecule has 0 atom stereocenters. The van der Waals surface area contributed by atoms with Gasteiger partial charge in [0, 0.05) is 38.3 Å². The van der Waals surface area contributed by atoms with E-state index in [0.29, 0.717) is 0 Å². The van der Waals surface area contributed by atoms with E-state index < -0.39 is 0 Å². The summed E-state index contributed by atoms with van der Waals surface area (Å²) in [5, 5.41) is 6.98. The monoisotopic (exact) mass is 310 g/mol. The Balaban J connectivity index is 2.12. The molecule has 5 nitrogen and oxygen atoms in total. The Labute approximate surface area is 131 Å². The SMILES string of the molecule is CCCNC1(c2nc(C)cs2)CCN(C(=O)N(C)C)CC1. The van der Waals surface area contributed by atoms with Gasteiger partial charge in [0.05, 0.1) is 5.54 Å². The normalized spacial score (nSPS) is 17.8. The molecular weight excluding hydrogens is 284 g/mol. The van der Waals surface area contributed by atoms with Crippen LogP contribution in [0.15, 0.2) is 5.38 Å². The number of carbonyl (C=O) groups is 1. The Morgan fingerprint density at radius 3 is 2.62 bits per heavy atom. The molecule has 0 radical (unpaired) electrons. The molecule has 1 N–H and O–H groups in total. The average Bonchev–Trinajstić information content (AvgIpc) is 2.92. The number of thiazole rings is 1. The number of hydrogen-bond acceptors (Lipinski definition) is 4. The first-order chi connectivity index (χ1) is 9.98. The lowest BCUT2D eigenvalue weighted by Crippen LogP contribution is -2.54. The molecule has 6 heteroatoms. The molecule has 1 aromatic rings. The fourth-order valence-electron chi connectivity index (χ4n) is 2.77. The van der Waals surface area contributed by atoms with E-state index in [1.54, 1.807) is 16.2 Å². The Hall–Kier alpha value is -1.14. The smallest absolute Gasteiger partial charge is 0.319 e. The molecule has 1 fully saturated rings. The van der Waals surface area contributed by atoms with Crippen molar-refractivity contribution in [1.82, 2.24) is 20.1 Å². The van der Waals surface area contributed by atoms with Crippen LogP contribution >= 0.6 is 11.3 Å². The van der Waals surface area contributed by atoms with Crippen LogP contribution in [0.2, 0.25) is 0 Å². The molecule has 2 amide bonds. The fraction of sp³-hybridized carbons (Fsp3) is 0.733. The molecule has 1 aromatic heterocycles. The second-order valence-electron chi connectivity index (χ2n) is 5.97. The average molecular weight is 310 g/mol. The van der Waals surface area contributed by atoms with Gasteiger partial charge in [0.2, 0.25) is 0 Å². The number of likely N-dealkylation sites (tertiary alicyclic amines) is 1. The number of aromatic nitrogens is 1. The van der Waals surface area contributed by atoms with Crippen molar-refractivity contribution < 1.29 is 4.79 Å². The number of nitrogens with one attached hydrogen (secondary N) is 1. The quantitative estimate of drug-likeness (QED) is 0.929. The predicted molar refractivity (Wildman–Crippen MR) is 86.7 cm³/mol. The molecule has 0 saturated carbocycles. The highest BCUT2D eigenvalue weighted by atomic mass is 32.1. The number of aryl methyl sites for hydroxylation is 1. The Morgan fingerprint density at radius 1 is 1.48 bits per heavy atom. The molecule has 1 saturated heterocycles. The summed E-state index contributed by atoms with van der Waals surface area (Å²) in [5.41, 5.74) is 1.03. The van der Waals surface area contributed by atoms with Gasteiger partial charge in [-0.15, -0.1) is 11.3 Å². The van der Waals surface area contributed by atoms with Crippen LogP contribution in [0.3, 0.4) is 0 Å². The van der Waals surface area contributed by atoms with Gasteiger partial charge >= 0.3 is 6.03 Å². The number of amides is 2. The molecule has 0 aromatic carbocycles. The lowest BCUT2D eigenvalue weighted by molar-refractivity contribution is 0.124. The molecule has 118 valence electrons. The number of carbonyl (C=O) groups excluding carboxylic acids is 1. The van der Waals surface area contributed by atoms with Gasteiger partial charge in [-0.05, 0) is 32.7 Å². The largest absolute Gasteiger partial charge is 0.331 e. The summed E-state index contributed by atoms with van der Waals surface area (Å²) in [4.78, 5) is 20.4. The van der Waals surface area contributed by atoms with E-state index in [4.69, 9.17) is 4.98 Å². The van der Waals surface area contributed by atoms with Crippen molar-refractivity contribution in [3.8, 4) is 0 Å². The number of nitrogens with zero attached hydrogens (tertiary/aromatic N) is 3. The van der Waals surface area contributed by atoms with Gasteiger partial charge in [-0.25, -0.2) is 9.78 Å². The van der Waals surface area contributed by atoms with Crippen LogP contribution in [0.1, 0.15) is 36.9 Å². The summed E-state index contributed by atoms with van der Waals surface area (Å²) in [5.74, 6) is 0. The van der Waals surface area contributed by atoms with Crippen LogP contribution < -0.4 is 5.32 Å². The van der Waals surface area contributed by atoms with Crippen molar-refractivity contribution in [1.29, 1.82) is 0 Å². The van der Waals surface area contributed by atoms with E-state index in [9.17, 15) is 4.79 Å². The third-order valence-electron chi connectivity index (χ3n) is 4.01. The second-order valence-corrected chi connectivity index (χ2v) is 6.83. The maximum absolute atomic E-state index is 12.1. The lowest BCUT2D eigenvalue weighted by Gasteiger charge is -2.42. The van der Waals surface area contributed by atoms with E-state index in [2.05, 4.69) is 17.6 Å². The molecule has 1 aliphatic heterocycles. The van der Waals surface area contributed by atoms with Gasteiger partial charge < -0.3 is 15.1 Å². The first kappa shape index (κ1) is 16.2. The van der Waals surface area contributed by atoms with Gasteiger partial charge in [-0.1, -0.05) is 6.92 Å². The summed E-state index contributed by atoms with van der Waals surface area (Å²) in [6, 6.07) is 0.106. The Bertz CT molecular complexity index is 478. The number of rotatable bonds is 4. The number of urea groups is 1. The second kappa shape index (κ2) is 6.75. The van der Waals surface area contributed by atoms with Crippen molar-refractivity contribution in [3.63, 3.8) is 0 Å². The predicted octanol–water partition coefficient (Wildman–Crippen LogP) is 2.42. The van der Waals surface area contributed by atoms with Gasteiger partial charge in [-0.2, -0.15) is 0 Å². The summed E-state index contributed by atoms with van der Waals surface area (Å²) < 4.78 is 0. The molecule has 1 aliphatic rings. The molecule has 0 unspecified atom stereocenters. The van der Waals surface area contributed by atoms with Crippen LogP contribution in [-0.2, 0) is 5.54 Å². The minimum absolute atomic E-state index is 0.0575. The standard InChI is InChI=1S/C15H26N4OS/c1-5-8-16-15(13-17-12(2)11-21-13)6-9-19(10-7-15)14(20)18(3)4/h11,16H,5-10H2,1-4H3. The van der Waals surface area contributed by atoms with E-state index in [0.717, 1.165) is 44.6 Å². The zero-order valence-electron chi connectivity index (χ0n) is 13.5. The van der Waals surface area contributed by atoms with E-state index >= 15 is 0 Å². The molecule has 0 aliphatic carbocycles. The zero-order valence-corrected chi connectivity index (χ0v) is 14.3. The molecular formula is C15H26N4OS. The highest BCUT2D eigenvalue weighted by molar-refractivity contribution is 7.09. The minimum atomic E-state index is -0.0575. The van der Waals surface area contributed by atoms with Crippen molar-refractivity contribution in [2.45, 2.75) is 38.6 Å². The Morgan fingerprint density at radius 2 is 2.14 bits per heavy atom. The van der Waals surface area contributed by atoms with Gasteiger partial charge in [-0.3, -0.25) is 0 Å². The van der Waals surface area contributed by atoms with Gasteiger partial charge in [0.15, 0.2) is 0 Å². The molecule has 0 bridgehead atoms. The molecule has 21 heavy (non-hydrogen) atoms. The summed E-state index contributed by atoms with van der Waals surface area (Å²) in [6.45, 7) is 6.77.